The van der Waals surface area contributed by atoms with Crippen molar-refractivity contribution in [2.45, 2.75) is 26.2 Å². The van der Waals surface area contributed by atoms with Gasteiger partial charge in [-0.05, 0) is 42.4 Å². The van der Waals surface area contributed by atoms with Gasteiger partial charge in [0.1, 0.15) is 0 Å². The van der Waals surface area contributed by atoms with Gasteiger partial charge in [-0.1, -0.05) is 19.1 Å². The molecule has 1 N–H and O–H groups in total. The minimum absolute atomic E-state index is 0.169. The fraction of sp³-hybridized carbons (Fsp3) is 0.462. The summed E-state index contributed by atoms with van der Waals surface area (Å²) in [6, 6.07) is 6.39. The standard InChI is InChI=1S/C13H15NO/c1-7-3-4-9-11-6-10(11)8(2)13(15)14-12(9)5-7/h3-5,8,10-11H,6H2,1-2H3,(H,14,15)/t8-,10-,11+/m0/s1. The number of hydrogen-bond acceptors (Lipinski definition) is 1. The van der Waals surface area contributed by atoms with E-state index in [9.17, 15) is 4.79 Å². The summed E-state index contributed by atoms with van der Waals surface area (Å²) in [5.41, 5.74) is 3.58. The van der Waals surface area contributed by atoms with Crippen LogP contribution < -0.4 is 5.32 Å². The first-order valence-corrected chi connectivity index (χ1v) is 5.58. The first-order valence-electron chi connectivity index (χ1n) is 5.58. The summed E-state index contributed by atoms with van der Waals surface area (Å²) < 4.78 is 0. The van der Waals surface area contributed by atoms with Crippen molar-refractivity contribution in [3.8, 4) is 0 Å². The van der Waals surface area contributed by atoms with Crippen LogP contribution in [0.3, 0.4) is 0 Å². The van der Waals surface area contributed by atoms with Crippen LogP contribution in [-0.2, 0) is 4.79 Å². The normalized spacial score (nSPS) is 32.4. The fourth-order valence-electron chi connectivity index (χ4n) is 2.67. The van der Waals surface area contributed by atoms with E-state index in [0.29, 0.717) is 11.8 Å². The van der Waals surface area contributed by atoms with Crippen LogP contribution in [0.5, 0.6) is 0 Å². The van der Waals surface area contributed by atoms with Gasteiger partial charge >= 0.3 is 0 Å². The Balaban J connectivity index is 2.09. The maximum absolute atomic E-state index is 11.8. The summed E-state index contributed by atoms with van der Waals surface area (Å²) >= 11 is 0. The van der Waals surface area contributed by atoms with Crippen LogP contribution in [0.25, 0.3) is 0 Å². The first kappa shape index (κ1) is 8.96. The molecule has 1 amide bonds. The van der Waals surface area contributed by atoms with E-state index in [2.05, 4.69) is 30.4 Å². The Morgan fingerprint density at radius 2 is 2.20 bits per heavy atom. The smallest absolute Gasteiger partial charge is 0.227 e. The topological polar surface area (TPSA) is 29.1 Å². The average molecular weight is 201 g/mol. The molecular weight excluding hydrogens is 186 g/mol. The van der Waals surface area contributed by atoms with Crippen LogP contribution in [0.15, 0.2) is 18.2 Å². The fourth-order valence-corrected chi connectivity index (χ4v) is 2.67. The molecule has 0 spiro atoms. The summed E-state index contributed by atoms with van der Waals surface area (Å²) in [6.45, 7) is 4.10. The second kappa shape index (κ2) is 2.84. The molecule has 15 heavy (non-hydrogen) atoms. The van der Waals surface area contributed by atoms with Crippen molar-refractivity contribution in [1.29, 1.82) is 0 Å². The lowest BCUT2D eigenvalue weighted by molar-refractivity contribution is -0.119. The third-order valence-corrected chi connectivity index (χ3v) is 3.76. The monoisotopic (exact) mass is 201 g/mol. The summed E-state index contributed by atoms with van der Waals surface area (Å²) in [4.78, 5) is 11.8. The zero-order chi connectivity index (χ0) is 10.6. The van der Waals surface area contributed by atoms with Crippen molar-refractivity contribution in [3.05, 3.63) is 29.3 Å². The molecule has 0 aromatic heterocycles. The summed E-state index contributed by atoms with van der Waals surface area (Å²) in [6.07, 6.45) is 1.19. The van der Waals surface area contributed by atoms with Crippen LogP contribution in [0.1, 0.15) is 30.4 Å². The van der Waals surface area contributed by atoms with Gasteiger partial charge in [0, 0.05) is 11.6 Å². The van der Waals surface area contributed by atoms with Gasteiger partial charge in [-0.2, -0.15) is 0 Å². The number of amides is 1. The highest BCUT2D eigenvalue weighted by Crippen LogP contribution is 2.55. The average Bonchev–Trinajstić information content (AvgIpc) is 2.96. The zero-order valence-corrected chi connectivity index (χ0v) is 9.08. The van der Waals surface area contributed by atoms with Crippen molar-refractivity contribution < 1.29 is 4.79 Å². The number of fused-ring (bicyclic) bond motifs is 3. The Morgan fingerprint density at radius 3 is 3.00 bits per heavy atom. The first-order chi connectivity index (χ1) is 7.16. The highest BCUT2D eigenvalue weighted by atomic mass is 16.1. The van der Waals surface area contributed by atoms with E-state index in [1.54, 1.807) is 0 Å². The second-order valence-corrected chi connectivity index (χ2v) is 4.87. The Kier molecular flexibility index (Phi) is 1.70. The van der Waals surface area contributed by atoms with Crippen LogP contribution >= 0.6 is 0 Å². The number of hydrogen-bond donors (Lipinski definition) is 1. The molecule has 1 saturated carbocycles. The molecule has 0 radical (unpaired) electrons. The molecule has 1 aliphatic carbocycles. The molecule has 1 heterocycles. The Bertz CT molecular complexity index is 438. The molecule has 2 aliphatic rings. The lowest BCUT2D eigenvalue weighted by atomic mass is 10.0. The molecule has 1 aliphatic heterocycles. The molecule has 78 valence electrons. The van der Waals surface area contributed by atoms with Gasteiger partial charge in [-0.25, -0.2) is 0 Å². The third-order valence-electron chi connectivity index (χ3n) is 3.76. The lowest BCUT2D eigenvalue weighted by Crippen LogP contribution is -2.20. The van der Waals surface area contributed by atoms with Gasteiger partial charge in [-0.15, -0.1) is 0 Å². The molecule has 1 aromatic rings. The van der Waals surface area contributed by atoms with E-state index in [1.165, 1.54) is 17.5 Å². The van der Waals surface area contributed by atoms with Crippen LogP contribution in [0, 0.1) is 18.8 Å². The molecule has 2 heteroatoms. The van der Waals surface area contributed by atoms with Gasteiger partial charge in [0.05, 0.1) is 0 Å². The molecule has 1 fully saturated rings. The summed E-state index contributed by atoms with van der Waals surface area (Å²) in [5, 5.41) is 3.03. The number of benzene rings is 1. The predicted octanol–water partition coefficient (Wildman–Crippen LogP) is 2.69. The van der Waals surface area contributed by atoms with Gasteiger partial charge in [-0.3, -0.25) is 4.79 Å². The predicted molar refractivity (Wildman–Crippen MR) is 59.8 cm³/mol. The van der Waals surface area contributed by atoms with Crippen LogP contribution in [0.4, 0.5) is 5.69 Å². The SMILES string of the molecule is Cc1ccc2c(c1)NC(=O)[C@@H](C)[C@@H]1C[C@H]21. The maximum atomic E-state index is 11.8. The lowest BCUT2D eigenvalue weighted by Gasteiger charge is -2.10. The van der Waals surface area contributed by atoms with Crippen molar-refractivity contribution in [2.75, 3.05) is 5.32 Å². The molecule has 1 aromatic carbocycles. The molecule has 3 atom stereocenters. The number of aryl methyl sites for hydroxylation is 1. The van der Waals surface area contributed by atoms with Crippen molar-refractivity contribution in [1.82, 2.24) is 0 Å². The largest absolute Gasteiger partial charge is 0.326 e. The molecule has 0 bridgehead atoms. The number of carbonyl (C=O) groups excluding carboxylic acids is 1. The van der Waals surface area contributed by atoms with E-state index >= 15 is 0 Å². The maximum Gasteiger partial charge on any atom is 0.227 e. The molecule has 0 saturated heterocycles. The van der Waals surface area contributed by atoms with Crippen molar-refractivity contribution in [2.24, 2.45) is 11.8 Å². The van der Waals surface area contributed by atoms with Crippen molar-refractivity contribution in [3.63, 3.8) is 0 Å². The highest BCUT2D eigenvalue weighted by Gasteiger charge is 2.47. The van der Waals surface area contributed by atoms with E-state index in [0.717, 1.165) is 5.69 Å². The molecule has 2 nitrogen and oxygen atoms in total. The minimum atomic E-state index is 0.169. The highest BCUT2D eigenvalue weighted by molar-refractivity contribution is 5.95. The van der Waals surface area contributed by atoms with Crippen LogP contribution in [-0.4, -0.2) is 5.91 Å². The Morgan fingerprint density at radius 1 is 1.40 bits per heavy atom. The van der Waals surface area contributed by atoms with Crippen molar-refractivity contribution >= 4 is 11.6 Å². The number of anilines is 1. The van der Waals surface area contributed by atoms with E-state index < -0.39 is 0 Å². The minimum Gasteiger partial charge on any atom is -0.326 e. The number of nitrogens with one attached hydrogen (secondary N) is 1. The second-order valence-electron chi connectivity index (χ2n) is 4.87. The quantitative estimate of drug-likeness (QED) is 0.687. The molecule has 0 unspecified atom stereocenters. The third kappa shape index (κ3) is 1.28. The summed E-state index contributed by atoms with van der Waals surface area (Å²) in [7, 11) is 0. The summed E-state index contributed by atoms with van der Waals surface area (Å²) in [5.74, 6) is 1.55. The Hall–Kier alpha value is -1.31. The number of rotatable bonds is 0. The molecule has 3 rings (SSSR count). The molecular formula is C13H15NO. The van der Waals surface area contributed by atoms with E-state index in [4.69, 9.17) is 0 Å². The van der Waals surface area contributed by atoms with Crippen LogP contribution in [0.2, 0.25) is 0 Å². The number of carbonyl (C=O) groups is 1. The van der Waals surface area contributed by atoms with Gasteiger partial charge in [0.2, 0.25) is 5.91 Å². The van der Waals surface area contributed by atoms with E-state index in [1.807, 2.05) is 6.92 Å². The van der Waals surface area contributed by atoms with E-state index in [-0.39, 0.29) is 11.8 Å². The zero-order valence-electron chi connectivity index (χ0n) is 9.08. The van der Waals surface area contributed by atoms with Gasteiger partial charge in [0.15, 0.2) is 0 Å². The van der Waals surface area contributed by atoms with Gasteiger partial charge < -0.3 is 5.32 Å². The Labute approximate surface area is 89.7 Å². The van der Waals surface area contributed by atoms with Gasteiger partial charge in [0.25, 0.3) is 0 Å².